The number of thiazole rings is 2. The highest BCUT2D eigenvalue weighted by atomic mass is 32.1. The summed E-state index contributed by atoms with van der Waals surface area (Å²) in [6.45, 7) is 6.33. The van der Waals surface area contributed by atoms with Crippen molar-refractivity contribution >= 4 is 28.6 Å². The highest BCUT2D eigenvalue weighted by Crippen LogP contribution is 2.27. The van der Waals surface area contributed by atoms with Crippen LogP contribution < -0.4 is 5.32 Å². The van der Waals surface area contributed by atoms with Gasteiger partial charge in [0.1, 0.15) is 9.88 Å². The highest BCUT2D eigenvalue weighted by Gasteiger charge is 2.16. The fourth-order valence-electron chi connectivity index (χ4n) is 2.29. The van der Waals surface area contributed by atoms with Crippen molar-refractivity contribution < 1.29 is 4.79 Å². The standard InChI is InChI=1S/C17H17N3OS2/c1-10-14(22-12(3)19-10)9-18-16(21)15-11(2)20-17(23-15)13-7-5-4-6-8-13/h4-8H,9H2,1-3H3,(H,18,21). The van der Waals surface area contributed by atoms with Gasteiger partial charge in [0.05, 0.1) is 22.9 Å². The molecule has 0 aliphatic heterocycles. The van der Waals surface area contributed by atoms with Crippen molar-refractivity contribution in [2.45, 2.75) is 27.3 Å². The van der Waals surface area contributed by atoms with E-state index >= 15 is 0 Å². The zero-order valence-electron chi connectivity index (χ0n) is 13.2. The van der Waals surface area contributed by atoms with Gasteiger partial charge in [0.2, 0.25) is 0 Å². The van der Waals surface area contributed by atoms with Crippen LogP contribution in [0.2, 0.25) is 0 Å². The first-order valence-electron chi connectivity index (χ1n) is 7.28. The maximum Gasteiger partial charge on any atom is 0.263 e. The van der Waals surface area contributed by atoms with Crippen molar-refractivity contribution in [3.63, 3.8) is 0 Å². The molecule has 6 heteroatoms. The van der Waals surface area contributed by atoms with Crippen LogP contribution in [-0.2, 0) is 6.54 Å². The van der Waals surface area contributed by atoms with Crippen molar-refractivity contribution in [1.29, 1.82) is 0 Å². The van der Waals surface area contributed by atoms with Crippen LogP contribution in [0.1, 0.15) is 30.9 Å². The zero-order valence-corrected chi connectivity index (χ0v) is 14.8. The van der Waals surface area contributed by atoms with Crippen LogP contribution in [0.25, 0.3) is 10.6 Å². The third kappa shape index (κ3) is 3.48. The minimum atomic E-state index is -0.0763. The molecule has 2 heterocycles. The van der Waals surface area contributed by atoms with Crippen molar-refractivity contribution in [3.05, 3.63) is 56.5 Å². The first-order valence-corrected chi connectivity index (χ1v) is 8.92. The molecule has 2 aromatic heterocycles. The Morgan fingerprint density at radius 1 is 1.04 bits per heavy atom. The molecule has 0 atom stereocenters. The van der Waals surface area contributed by atoms with E-state index in [1.54, 1.807) is 11.3 Å². The molecule has 0 aliphatic carbocycles. The fourth-order valence-corrected chi connectivity index (χ4v) is 4.15. The maximum absolute atomic E-state index is 12.4. The minimum absolute atomic E-state index is 0.0763. The summed E-state index contributed by atoms with van der Waals surface area (Å²) in [5.41, 5.74) is 2.79. The maximum atomic E-state index is 12.4. The van der Waals surface area contributed by atoms with Gasteiger partial charge in [-0.15, -0.1) is 22.7 Å². The predicted molar refractivity (Wildman–Crippen MR) is 95.0 cm³/mol. The quantitative estimate of drug-likeness (QED) is 0.775. The normalized spacial score (nSPS) is 10.7. The number of carbonyl (C=O) groups is 1. The number of hydrogen-bond acceptors (Lipinski definition) is 5. The summed E-state index contributed by atoms with van der Waals surface area (Å²) in [7, 11) is 0. The Labute approximate surface area is 143 Å². The predicted octanol–water partition coefficient (Wildman–Crippen LogP) is 4.12. The van der Waals surface area contributed by atoms with E-state index in [0.29, 0.717) is 11.4 Å². The number of hydrogen-bond donors (Lipinski definition) is 1. The van der Waals surface area contributed by atoms with Crippen LogP contribution in [0.3, 0.4) is 0 Å². The van der Waals surface area contributed by atoms with E-state index in [4.69, 9.17) is 0 Å². The Hall–Kier alpha value is -2.05. The third-order valence-corrected chi connectivity index (χ3v) is 5.71. The van der Waals surface area contributed by atoms with Crippen molar-refractivity contribution in [2.24, 2.45) is 0 Å². The Bertz CT molecular complexity index is 837. The SMILES string of the molecule is Cc1nc(C)c(CNC(=O)c2sc(-c3ccccc3)nc2C)s1. The average molecular weight is 343 g/mol. The lowest BCUT2D eigenvalue weighted by atomic mass is 10.2. The van der Waals surface area contributed by atoms with Gasteiger partial charge in [0, 0.05) is 10.4 Å². The lowest BCUT2D eigenvalue weighted by Gasteiger charge is -2.02. The molecule has 23 heavy (non-hydrogen) atoms. The molecule has 0 radical (unpaired) electrons. The van der Waals surface area contributed by atoms with E-state index in [0.717, 1.165) is 31.8 Å². The molecule has 1 N–H and O–H groups in total. The number of nitrogens with one attached hydrogen (secondary N) is 1. The molecule has 0 fully saturated rings. The number of nitrogens with zero attached hydrogens (tertiary/aromatic N) is 2. The summed E-state index contributed by atoms with van der Waals surface area (Å²) >= 11 is 3.05. The van der Waals surface area contributed by atoms with Gasteiger partial charge in [-0.25, -0.2) is 9.97 Å². The summed E-state index contributed by atoms with van der Waals surface area (Å²) in [6, 6.07) is 9.92. The molecule has 3 aromatic rings. The van der Waals surface area contributed by atoms with Crippen molar-refractivity contribution in [2.75, 3.05) is 0 Å². The number of benzene rings is 1. The smallest absolute Gasteiger partial charge is 0.263 e. The number of rotatable bonds is 4. The molecule has 0 bridgehead atoms. The lowest BCUT2D eigenvalue weighted by Crippen LogP contribution is -2.22. The molecule has 0 aliphatic rings. The largest absolute Gasteiger partial charge is 0.346 e. The molecular formula is C17H17N3OS2. The second-order valence-corrected chi connectivity index (χ2v) is 7.51. The van der Waals surface area contributed by atoms with E-state index in [1.807, 2.05) is 51.1 Å². The van der Waals surface area contributed by atoms with Crippen LogP contribution in [0, 0.1) is 20.8 Å². The van der Waals surface area contributed by atoms with E-state index in [-0.39, 0.29) is 5.91 Å². The third-order valence-electron chi connectivity index (χ3n) is 3.43. The molecule has 0 unspecified atom stereocenters. The van der Waals surface area contributed by atoms with Gasteiger partial charge in [-0.2, -0.15) is 0 Å². The molecule has 0 saturated carbocycles. The number of aryl methyl sites for hydroxylation is 3. The van der Waals surface area contributed by atoms with E-state index in [2.05, 4.69) is 15.3 Å². The minimum Gasteiger partial charge on any atom is -0.346 e. The highest BCUT2D eigenvalue weighted by molar-refractivity contribution is 7.17. The van der Waals surface area contributed by atoms with Crippen LogP contribution >= 0.6 is 22.7 Å². The van der Waals surface area contributed by atoms with Crippen LogP contribution in [0.4, 0.5) is 0 Å². The zero-order chi connectivity index (χ0) is 16.4. The van der Waals surface area contributed by atoms with Crippen molar-refractivity contribution in [1.82, 2.24) is 15.3 Å². The van der Waals surface area contributed by atoms with Gasteiger partial charge in [-0.1, -0.05) is 30.3 Å². The Morgan fingerprint density at radius 2 is 1.78 bits per heavy atom. The van der Waals surface area contributed by atoms with Gasteiger partial charge in [-0.05, 0) is 20.8 Å². The summed E-state index contributed by atoms with van der Waals surface area (Å²) in [6.07, 6.45) is 0. The van der Waals surface area contributed by atoms with Gasteiger partial charge in [0.15, 0.2) is 0 Å². The molecule has 1 aromatic carbocycles. The molecule has 0 saturated heterocycles. The monoisotopic (exact) mass is 343 g/mol. The molecule has 1 amide bonds. The van der Waals surface area contributed by atoms with E-state index in [9.17, 15) is 4.79 Å². The Kier molecular flexibility index (Phi) is 4.54. The summed E-state index contributed by atoms with van der Waals surface area (Å²) in [4.78, 5) is 23.1. The van der Waals surface area contributed by atoms with Crippen LogP contribution in [-0.4, -0.2) is 15.9 Å². The summed E-state index contributed by atoms with van der Waals surface area (Å²) in [5.74, 6) is -0.0763. The first-order chi connectivity index (χ1) is 11.0. The second kappa shape index (κ2) is 6.60. The molecular weight excluding hydrogens is 326 g/mol. The number of carbonyl (C=O) groups excluding carboxylic acids is 1. The number of amides is 1. The van der Waals surface area contributed by atoms with Crippen LogP contribution in [0.5, 0.6) is 0 Å². The topological polar surface area (TPSA) is 54.9 Å². The fraction of sp³-hybridized carbons (Fsp3) is 0.235. The summed E-state index contributed by atoms with van der Waals surface area (Å²) < 4.78 is 0. The van der Waals surface area contributed by atoms with Gasteiger partial charge < -0.3 is 5.32 Å². The van der Waals surface area contributed by atoms with E-state index in [1.165, 1.54) is 11.3 Å². The van der Waals surface area contributed by atoms with Crippen LogP contribution in [0.15, 0.2) is 30.3 Å². The van der Waals surface area contributed by atoms with Gasteiger partial charge in [-0.3, -0.25) is 4.79 Å². The molecule has 118 valence electrons. The second-order valence-electron chi connectivity index (χ2n) is 5.22. The lowest BCUT2D eigenvalue weighted by molar-refractivity contribution is 0.0954. The average Bonchev–Trinajstić information content (AvgIpc) is 3.08. The number of aromatic nitrogens is 2. The van der Waals surface area contributed by atoms with E-state index < -0.39 is 0 Å². The Morgan fingerprint density at radius 3 is 2.43 bits per heavy atom. The van der Waals surface area contributed by atoms with Gasteiger partial charge >= 0.3 is 0 Å². The van der Waals surface area contributed by atoms with Crippen molar-refractivity contribution in [3.8, 4) is 10.6 Å². The molecule has 3 rings (SSSR count). The summed E-state index contributed by atoms with van der Waals surface area (Å²) in [5, 5.41) is 4.87. The molecule has 4 nitrogen and oxygen atoms in total. The first kappa shape index (κ1) is 15.8. The Balaban J connectivity index is 1.75. The van der Waals surface area contributed by atoms with Gasteiger partial charge in [0.25, 0.3) is 5.91 Å². The molecule has 0 spiro atoms.